The van der Waals surface area contributed by atoms with Gasteiger partial charge in [-0.25, -0.2) is 4.39 Å². The lowest BCUT2D eigenvalue weighted by atomic mass is 10.2. The summed E-state index contributed by atoms with van der Waals surface area (Å²) in [6.45, 7) is 0.519. The van der Waals surface area contributed by atoms with Crippen LogP contribution in [0.25, 0.3) is 0 Å². The molecule has 2 aromatic carbocycles. The second-order valence-corrected chi connectivity index (χ2v) is 4.82. The molecular weight excluding hydrogens is 325 g/mol. The molecule has 0 aromatic heterocycles. The second kappa shape index (κ2) is 6.92. The Bertz CT molecular complexity index is 623. The third-order valence-corrected chi connectivity index (χ3v) is 2.98. The maximum absolute atomic E-state index is 13.4. The Morgan fingerprint density at radius 1 is 1.05 bits per heavy atom. The highest BCUT2D eigenvalue weighted by atomic mass is 79.9. The Labute approximate surface area is 124 Å². The molecular formula is C15H11BrFNO2. The largest absolute Gasteiger partial charge is 0.490 e. The van der Waals surface area contributed by atoms with Gasteiger partial charge in [0.25, 0.3) is 0 Å². The zero-order valence-corrected chi connectivity index (χ0v) is 12.1. The van der Waals surface area contributed by atoms with E-state index in [1.165, 1.54) is 6.07 Å². The van der Waals surface area contributed by atoms with Crippen LogP contribution in [0, 0.1) is 17.1 Å². The lowest BCUT2D eigenvalue weighted by Crippen LogP contribution is -2.09. The van der Waals surface area contributed by atoms with Crippen LogP contribution in [-0.2, 0) is 0 Å². The second-order valence-electron chi connectivity index (χ2n) is 3.91. The molecule has 0 spiro atoms. The molecule has 0 radical (unpaired) electrons. The minimum atomic E-state index is -0.411. The molecule has 5 heteroatoms. The Balaban J connectivity index is 1.81. The van der Waals surface area contributed by atoms with E-state index in [-0.39, 0.29) is 19.0 Å². The average molecular weight is 336 g/mol. The van der Waals surface area contributed by atoms with E-state index in [4.69, 9.17) is 14.7 Å². The van der Waals surface area contributed by atoms with Crippen molar-refractivity contribution < 1.29 is 13.9 Å². The lowest BCUT2D eigenvalue weighted by molar-refractivity contribution is 0.211. The molecule has 0 unspecified atom stereocenters. The van der Waals surface area contributed by atoms with Crippen LogP contribution in [0.2, 0.25) is 0 Å². The van der Waals surface area contributed by atoms with Crippen LogP contribution in [-0.4, -0.2) is 13.2 Å². The van der Waals surface area contributed by atoms with E-state index < -0.39 is 5.82 Å². The molecule has 3 nitrogen and oxygen atoms in total. The number of ether oxygens (including phenoxy) is 2. The average Bonchev–Trinajstić information content (AvgIpc) is 2.47. The number of benzene rings is 2. The molecule has 0 saturated heterocycles. The summed E-state index contributed by atoms with van der Waals surface area (Å²) < 4.78 is 24.9. The van der Waals surface area contributed by atoms with Crippen LogP contribution in [0.5, 0.6) is 11.5 Å². The van der Waals surface area contributed by atoms with Crippen molar-refractivity contribution in [2.24, 2.45) is 0 Å². The maximum Gasteiger partial charge on any atom is 0.165 e. The highest BCUT2D eigenvalue weighted by Crippen LogP contribution is 2.22. The molecule has 2 rings (SSSR count). The zero-order valence-electron chi connectivity index (χ0n) is 10.5. The summed E-state index contributed by atoms with van der Waals surface area (Å²) in [7, 11) is 0. The standard InChI is InChI=1S/C15H11BrFNO2/c16-12-3-6-14(17)15(9-12)20-8-7-19-13-4-1-11(10-18)2-5-13/h1-6,9H,7-8H2. The fourth-order valence-electron chi connectivity index (χ4n) is 1.52. The zero-order chi connectivity index (χ0) is 14.4. The third-order valence-electron chi connectivity index (χ3n) is 2.49. The van der Waals surface area contributed by atoms with Crippen LogP contribution in [0.3, 0.4) is 0 Å². The minimum Gasteiger partial charge on any atom is -0.490 e. The predicted molar refractivity (Wildman–Crippen MR) is 76.2 cm³/mol. The topological polar surface area (TPSA) is 42.2 Å². The minimum absolute atomic E-state index is 0.183. The van der Waals surface area contributed by atoms with Crippen molar-refractivity contribution >= 4 is 15.9 Å². The summed E-state index contributed by atoms with van der Waals surface area (Å²) in [4.78, 5) is 0. The van der Waals surface area contributed by atoms with Gasteiger partial charge in [0.05, 0.1) is 11.6 Å². The highest BCUT2D eigenvalue weighted by Gasteiger charge is 2.03. The van der Waals surface area contributed by atoms with Crippen molar-refractivity contribution in [1.82, 2.24) is 0 Å². The molecule has 0 saturated carbocycles. The maximum atomic E-state index is 13.4. The molecule has 0 aliphatic rings. The summed E-state index contributed by atoms with van der Waals surface area (Å²) in [5, 5.41) is 8.67. The van der Waals surface area contributed by atoms with E-state index in [0.717, 1.165) is 4.47 Å². The number of halogens is 2. The first-order valence-electron chi connectivity index (χ1n) is 5.90. The fourth-order valence-corrected chi connectivity index (χ4v) is 1.86. The Morgan fingerprint density at radius 3 is 2.45 bits per heavy atom. The van der Waals surface area contributed by atoms with Crippen molar-refractivity contribution in [3.05, 3.63) is 58.3 Å². The molecule has 0 aliphatic carbocycles. The number of rotatable bonds is 5. The first-order chi connectivity index (χ1) is 9.69. The van der Waals surface area contributed by atoms with Crippen molar-refractivity contribution in [3.8, 4) is 17.6 Å². The van der Waals surface area contributed by atoms with Crippen LogP contribution >= 0.6 is 15.9 Å². The number of nitriles is 1. The van der Waals surface area contributed by atoms with E-state index in [1.807, 2.05) is 6.07 Å². The molecule has 2 aromatic rings. The summed E-state index contributed by atoms with van der Waals surface area (Å²) in [5.74, 6) is 0.414. The monoisotopic (exact) mass is 335 g/mol. The fraction of sp³-hybridized carbons (Fsp3) is 0.133. The van der Waals surface area contributed by atoms with E-state index in [9.17, 15) is 4.39 Å². The molecule has 0 heterocycles. The smallest absolute Gasteiger partial charge is 0.165 e. The highest BCUT2D eigenvalue weighted by molar-refractivity contribution is 9.10. The molecule has 102 valence electrons. The van der Waals surface area contributed by atoms with E-state index in [2.05, 4.69) is 15.9 Å². The van der Waals surface area contributed by atoms with Gasteiger partial charge in [-0.15, -0.1) is 0 Å². The van der Waals surface area contributed by atoms with Crippen LogP contribution in [0.1, 0.15) is 5.56 Å². The van der Waals surface area contributed by atoms with E-state index in [1.54, 1.807) is 36.4 Å². The van der Waals surface area contributed by atoms with Crippen molar-refractivity contribution in [2.75, 3.05) is 13.2 Å². The predicted octanol–water partition coefficient (Wildman–Crippen LogP) is 3.92. The van der Waals surface area contributed by atoms with Crippen LogP contribution in [0.15, 0.2) is 46.9 Å². The number of hydrogen-bond acceptors (Lipinski definition) is 3. The molecule has 0 fully saturated rings. The van der Waals surface area contributed by atoms with E-state index >= 15 is 0 Å². The number of hydrogen-bond donors (Lipinski definition) is 0. The summed E-state index contributed by atoms with van der Waals surface area (Å²) in [5.41, 5.74) is 0.574. The van der Waals surface area contributed by atoms with Gasteiger partial charge in [0.15, 0.2) is 11.6 Å². The van der Waals surface area contributed by atoms with Gasteiger partial charge in [-0.1, -0.05) is 15.9 Å². The van der Waals surface area contributed by atoms with Crippen LogP contribution < -0.4 is 9.47 Å². The van der Waals surface area contributed by atoms with Gasteiger partial charge < -0.3 is 9.47 Å². The molecule has 0 amide bonds. The van der Waals surface area contributed by atoms with Gasteiger partial charge >= 0.3 is 0 Å². The molecule has 0 bridgehead atoms. The van der Waals surface area contributed by atoms with Gasteiger partial charge in [-0.3, -0.25) is 0 Å². The van der Waals surface area contributed by atoms with Gasteiger partial charge in [0.1, 0.15) is 19.0 Å². The van der Waals surface area contributed by atoms with Crippen molar-refractivity contribution in [1.29, 1.82) is 5.26 Å². The first-order valence-corrected chi connectivity index (χ1v) is 6.69. The van der Waals surface area contributed by atoms with Crippen LogP contribution in [0.4, 0.5) is 4.39 Å². The number of nitrogens with zero attached hydrogens (tertiary/aromatic N) is 1. The molecule has 0 N–H and O–H groups in total. The Hall–Kier alpha value is -2.06. The molecule has 20 heavy (non-hydrogen) atoms. The normalized spacial score (nSPS) is 9.85. The van der Waals surface area contributed by atoms with Gasteiger partial charge in [-0.05, 0) is 42.5 Å². The first kappa shape index (κ1) is 14.4. The van der Waals surface area contributed by atoms with Gasteiger partial charge in [0, 0.05) is 4.47 Å². The summed E-state index contributed by atoms with van der Waals surface area (Å²) in [6.07, 6.45) is 0. The third kappa shape index (κ3) is 3.97. The van der Waals surface area contributed by atoms with Crippen molar-refractivity contribution in [3.63, 3.8) is 0 Å². The summed E-state index contributed by atoms with van der Waals surface area (Å²) >= 11 is 3.25. The van der Waals surface area contributed by atoms with Gasteiger partial charge in [0.2, 0.25) is 0 Å². The van der Waals surface area contributed by atoms with Gasteiger partial charge in [-0.2, -0.15) is 5.26 Å². The SMILES string of the molecule is N#Cc1ccc(OCCOc2cc(Br)ccc2F)cc1. The quantitative estimate of drug-likeness (QED) is 0.778. The Morgan fingerprint density at radius 2 is 1.75 bits per heavy atom. The molecule has 0 aliphatic heterocycles. The lowest BCUT2D eigenvalue weighted by Gasteiger charge is -2.09. The Kier molecular flexibility index (Phi) is 4.97. The molecule has 0 atom stereocenters. The van der Waals surface area contributed by atoms with E-state index in [0.29, 0.717) is 11.3 Å². The van der Waals surface area contributed by atoms with Crippen molar-refractivity contribution in [2.45, 2.75) is 0 Å². The summed E-state index contributed by atoms with van der Waals surface area (Å²) in [6, 6.07) is 13.3.